The second-order valence-electron chi connectivity index (χ2n) is 6.46. The number of rotatable bonds is 3. The van der Waals surface area contributed by atoms with Crippen LogP contribution in [0.4, 0.5) is 4.79 Å². The molecule has 4 atom stereocenters. The summed E-state index contributed by atoms with van der Waals surface area (Å²) in [5.74, 6) is -1.34. The minimum Gasteiger partial charge on any atom is -0.449 e. The predicted octanol–water partition coefficient (Wildman–Crippen LogP) is -1.65. The number of primary amides is 1. The number of amides is 1. The standard InChI is InChI=1S/C15H18N4O5/c1-5-9(16)12(21)8-6(4-24-14(17)22)15(23-2)13-7(18-13)3-19(15)10(8)11(5)20/h6-7,13,18H,3-4,16H2,1-2H3,(H2,17,22)/t6?,7?,13-,15+/m0/s1. The lowest BCUT2D eigenvalue weighted by molar-refractivity contribution is -0.137. The number of ketones is 2. The molecule has 0 aromatic rings. The van der Waals surface area contributed by atoms with Crippen LogP contribution in [0, 0.1) is 5.92 Å². The Kier molecular flexibility index (Phi) is 2.89. The molecule has 3 aliphatic heterocycles. The molecule has 0 saturated carbocycles. The van der Waals surface area contributed by atoms with Crippen LogP contribution >= 0.6 is 0 Å². The molecule has 4 aliphatic rings. The lowest BCUT2D eigenvalue weighted by Crippen LogP contribution is -2.55. The van der Waals surface area contributed by atoms with Crippen molar-refractivity contribution in [2.75, 3.05) is 20.3 Å². The van der Waals surface area contributed by atoms with Gasteiger partial charge in [-0.1, -0.05) is 0 Å². The summed E-state index contributed by atoms with van der Waals surface area (Å²) < 4.78 is 10.8. The number of nitrogens with one attached hydrogen (secondary N) is 1. The Morgan fingerprint density at radius 3 is 2.75 bits per heavy atom. The van der Waals surface area contributed by atoms with E-state index in [4.69, 9.17) is 20.9 Å². The van der Waals surface area contributed by atoms with Crippen LogP contribution in [0.15, 0.2) is 22.5 Å². The Morgan fingerprint density at radius 1 is 1.42 bits per heavy atom. The molecular weight excluding hydrogens is 316 g/mol. The second kappa shape index (κ2) is 4.58. The molecule has 0 radical (unpaired) electrons. The van der Waals surface area contributed by atoms with Gasteiger partial charge in [0.2, 0.25) is 11.6 Å². The van der Waals surface area contributed by atoms with Crippen LogP contribution in [0.1, 0.15) is 6.92 Å². The first-order valence-corrected chi connectivity index (χ1v) is 7.65. The van der Waals surface area contributed by atoms with Gasteiger partial charge in [0, 0.05) is 30.8 Å². The molecule has 9 nitrogen and oxygen atoms in total. The number of allylic oxidation sites excluding steroid dienone is 2. The Morgan fingerprint density at radius 2 is 2.12 bits per heavy atom. The van der Waals surface area contributed by atoms with E-state index in [-0.39, 0.29) is 41.3 Å². The van der Waals surface area contributed by atoms with Gasteiger partial charge in [-0.25, -0.2) is 4.79 Å². The first kappa shape index (κ1) is 15.2. The second-order valence-corrected chi connectivity index (χ2v) is 6.46. The molecule has 1 aliphatic carbocycles. The van der Waals surface area contributed by atoms with Crippen LogP contribution in [0.5, 0.6) is 0 Å². The number of piperazine rings is 1. The van der Waals surface area contributed by atoms with Gasteiger partial charge in [0.15, 0.2) is 5.72 Å². The van der Waals surface area contributed by atoms with Crippen molar-refractivity contribution in [3.8, 4) is 0 Å². The third kappa shape index (κ3) is 1.58. The van der Waals surface area contributed by atoms with Crippen LogP contribution in [0.2, 0.25) is 0 Å². The molecule has 2 unspecified atom stereocenters. The van der Waals surface area contributed by atoms with Crippen LogP contribution < -0.4 is 16.8 Å². The highest BCUT2D eigenvalue weighted by atomic mass is 16.6. The average Bonchev–Trinajstić information content (AvgIpc) is 3.16. The summed E-state index contributed by atoms with van der Waals surface area (Å²) in [6, 6.07) is 0.109. The molecule has 5 N–H and O–H groups in total. The van der Waals surface area contributed by atoms with Crippen LogP contribution in [-0.4, -0.2) is 60.6 Å². The molecule has 0 spiro atoms. The lowest BCUT2D eigenvalue weighted by Gasteiger charge is -2.39. The number of carbonyl (C=O) groups excluding carboxylic acids is 3. The maximum absolute atomic E-state index is 12.8. The number of Topliss-reactive ketones (excluding diaryl/α,β-unsaturated/α-hetero) is 2. The number of methoxy groups -OCH3 is 1. The molecule has 1 amide bonds. The first-order valence-electron chi connectivity index (χ1n) is 7.65. The molecule has 2 fully saturated rings. The van der Waals surface area contributed by atoms with Gasteiger partial charge in [0.25, 0.3) is 0 Å². The largest absolute Gasteiger partial charge is 0.449 e. The van der Waals surface area contributed by atoms with Crippen LogP contribution in [0.25, 0.3) is 0 Å². The van der Waals surface area contributed by atoms with E-state index < -0.39 is 23.5 Å². The molecule has 0 aromatic heterocycles. The predicted molar refractivity (Wildman–Crippen MR) is 80.1 cm³/mol. The number of ether oxygens (including phenoxy) is 2. The van der Waals surface area contributed by atoms with E-state index >= 15 is 0 Å². The van der Waals surface area contributed by atoms with Crippen molar-refractivity contribution < 1.29 is 23.9 Å². The van der Waals surface area contributed by atoms with Gasteiger partial charge in [-0.3, -0.25) is 9.59 Å². The highest BCUT2D eigenvalue weighted by Crippen LogP contribution is 2.55. The summed E-state index contributed by atoms with van der Waals surface area (Å²) in [5, 5.41) is 3.28. The van der Waals surface area contributed by atoms with Gasteiger partial charge in [-0.15, -0.1) is 0 Å². The summed E-state index contributed by atoms with van der Waals surface area (Å²) in [5.41, 5.74) is 10.7. The molecule has 128 valence electrons. The quantitative estimate of drug-likeness (QED) is 0.411. The van der Waals surface area contributed by atoms with Crippen molar-refractivity contribution in [3.63, 3.8) is 0 Å². The lowest BCUT2D eigenvalue weighted by atomic mass is 9.82. The Labute approximate surface area is 137 Å². The summed E-state index contributed by atoms with van der Waals surface area (Å²) >= 11 is 0. The van der Waals surface area contributed by atoms with E-state index in [9.17, 15) is 14.4 Å². The van der Waals surface area contributed by atoms with E-state index in [0.29, 0.717) is 12.2 Å². The average molecular weight is 334 g/mol. The topological polar surface area (TPSA) is 147 Å². The number of fused-ring (bicyclic) bond motifs is 4. The highest BCUT2D eigenvalue weighted by molar-refractivity contribution is 6.25. The van der Waals surface area contributed by atoms with E-state index in [1.54, 1.807) is 0 Å². The fraction of sp³-hybridized carbons (Fsp3) is 0.533. The maximum atomic E-state index is 12.8. The van der Waals surface area contributed by atoms with Crippen LogP contribution in [-0.2, 0) is 19.1 Å². The van der Waals surface area contributed by atoms with Gasteiger partial charge < -0.3 is 31.2 Å². The van der Waals surface area contributed by atoms with Gasteiger partial charge in [-0.2, -0.15) is 0 Å². The zero-order valence-electron chi connectivity index (χ0n) is 13.3. The molecule has 4 rings (SSSR count). The van der Waals surface area contributed by atoms with Crippen molar-refractivity contribution in [2.45, 2.75) is 24.7 Å². The van der Waals surface area contributed by atoms with Gasteiger partial charge in [0.1, 0.15) is 6.61 Å². The van der Waals surface area contributed by atoms with Gasteiger partial charge >= 0.3 is 6.09 Å². The number of carbonyl (C=O) groups is 3. The van der Waals surface area contributed by atoms with E-state index in [1.807, 2.05) is 4.90 Å². The fourth-order valence-corrected chi connectivity index (χ4v) is 4.31. The number of hydrogen-bond donors (Lipinski definition) is 3. The molecule has 9 heteroatoms. The third-order valence-corrected chi connectivity index (χ3v) is 5.47. The van der Waals surface area contributed by atoms with E-state index in [1.165, 1.54) is 14.0 Å². The molecule has 0 bridgehead atoms. The fourth-order valence-electron chi connectivity index (χ4n) is 4.31. The molecule has 24 heavy (non-hydrogen) atoms. The first-order chi connectivity index (χ1) is 11.3. The van der Waals surface area contributed by atoms with E-state index in [0.717, 1.165) is 0 Å². The van der Waals surface area contributed by atoms with Crippen molar-refractivity contribution in [1.82, 2.24) is 10.2 Å². The van der Waals surface area contributed by atoms with Crippen LogP contribution in [0.3, 0.4) is 0 Å². The number of nitrogens with zero attached hydrogens (tertiary/aromatic N) is 1. The molecule has 2 saturated heterocycles. The SMILES string of the molecule is CO[C@@]12C(COC(N)=O)C3=C(C(=O)C(C)=C(N)C3=O)N1CC1N[C@@H]12. The minimum atomic E-state index is -0.957. The van der Waals surface area contributed by atoms with Gasteiger partial charge in [0.05, 0.1) is 23.4 Å². The third-order valence-electron chi connectivity index (χ3n) is 5.47. The Bertz CT molecular complexity index is 757. The number of hydrogen-bond acceptors (Lipinski definition) is 8. The number of nitrogens with two attached hydrogens (primary N) is 2. The summed E-state index contributed by atoms with van der Waals surface area (Å²) in [7, 11) is 1.52. The normalized spacial score (nSPS) is 36.8. The Hall–Kier alpha value is -2.39. The summed E-state index contributed by atoms with van der Waals surface area (Å²) in [4.78, 5) is 38.4. The van der Waals surface area contributed by atoms with E-state index in [2.05, 4.69) is 5.32 Å². The monoisotopic (exact) mass is 334 g/mol. The van der Waals surface area contributed by atoms with Crippen molar-refractivity contribution in [3.05, 3.63) is 22.5 Å². The highest BCUT2D eigenvalue weighted by Gasteiger charge is 2.72. The Balaban J connectivity index is 1.85. The smallest absolute Gasteiger partial charge is 0.404 e. The maximum Gasteiger partial charge on any atom is 0.404 e. The van der Waals surface area contributed by atoms with Crippen molar-refractivity contribution in [1.29, 1.82) is 0 Å². The minimum absolute atomic E-state index is 0.0586. The molecular formula is C15H18N4O5. The molecule has 3 heterocycles. The summed E-state index contributed by atoms with van der Waals surface area (Å²) in [6.07, 6.45) is -0.950. The zero-order chi connectivity index (χ0) is 17.4. The van der Waals surface area contributed by atoms with Crippen molar-refractivity contribution >= 4 is 17.7 Å². The summed E-state index contributed by atoms with van der Waals surface area (Å²) in [6.45, 7) is 1.92. The van der Waals surface area contributed by atoms with Gasteiger partial charge in [-0.05, 0) is 6.92 Å². The zero-order valence-corrected chi connectivity index (χ0v) is 13.3. The molecule has 0 aromatic carbocycles. The van der Waals surface area contributed by atoms with Crippen molar-refractivity contribution in [2.24, 2.45) is 17.4 Å².